The van der Waals surface area contributed by atoms with Crippen LogP contribution in [-0.2, 0) is 16.1 Å². The van der Waals surface area contributed by atoms with E-state index in [1.165, 1.54) is 12.8 Å². The zero-order chi connectivity index (χ0) is 17.4. The summed E-state index contributed by atoms with van der Waals surface area (Å²) in [5.74, 6) is 0.219. The summed E-state index contributed by atoms with van der Waals surface area (Å²) in [6, 6.07) is 0.592. The van der Waals surface area contributed by atoms with Gasteiger partial charge >= 0.3 is 0 Å². The van der Waals surface area contributed by atoms with Crippen molar-refractivity contribution in [1.29, 1.82) is 0 Å². The molecule has 136 valence electrons. The third-order valence-electron chi connectivity index (χ3n) is 6.09. The minimum Gasteiger partial charge on any atom is -0.339 e. The number of hydrogen-bond acceptors (Lipinski definition) is 3. The van der Waals surface area contributed by atoms with Gasteiger partial charge in [-0.15, -0.1) is 0 Å². The zero-order valence-corrected chi connectivity index (χ0v) is 15.1. The van der Waals surface area contributed by atoms with Gasteiger partial charge in [-0.2, -0.15) is 5.10 Å². The lowest BCUT2D eigenvalue weighted by atomic mass is 10.1. The summed E-state index contributed by atoms with van der Waals surface area (Å²) in [4.78, 5) is 29.5. The Balaban J connectivity index is 1.40. The predicted octanol–water partition coefficient (Wildman–Crippen LogP) is 1.97. The van der Waals surface area contributed by atoms with Crippen molar-refractivity contribution in [3.8, 4) is 0 Å². The third-order valence-corrected chi connectivity index (χ3v) is 6.09. The van der Waals surface area contributed by atoms with Crippen molar-refractivity contribution >= 4 is 11.8 Å². The van der Waals surface area contributed by atoms with Gasteiger partial charge < -0.3 is 9.80 Å². The topological polar surface area (TPSA) is 58.4 Å². The molecule has 2 aliphatic heterocycles. The Morgan fingerprint density at radius 2 is 2.04 bits per heavy atom. The van der Waals surface area contributed by atoms with Crippen molar-refractivity contribution in [3.05, 3.63) is 18.0 Å². The summed E-state index contributed by atoms with van der Waals surface area (Å²) in [5, 5.41) is 4.36. The molecule has 1 aromatic rings. The Morgan fingerprint density at radius 3 is 2.76 bits per heavy atom. The van der Waals surface area contributed by atoms with Crippen molar-refractivity contribution in [1.82, 2.24) is 19.6 Å². The van der Waals surface area contributed by atoms with Crippen LogP contribution in [0.25, 0.3) is 0 Å². The minimum absolute atomic E-state index is 0.145. The third kappa shape index (κ3) is 3.31. The molecule has 3 heterocycles. The van der Waals surface area contributed by atoms with Gasteiger partial charge in [-0.05, 0) is 38.2 Å². The second-order valence-electron chi connectivity index (χ2n) is 7.95. The second-order valence-corrected chi connectivity index (χ2v) is 7.95. The van der Waals surface area contributed by atoms with Crippen molar-refractivity contribution in [2.24, 2.45) is 5.92 Å². The fraction of sp³-hybridized carbons (Fsp3) is 0.737. The molecule has 0 spiro atoms. The maximum absolute atomic E-state index is 13.1. The van der Waals surface area contributed by atoms with Crippen molar-refractivity contribution in [3.63, 3.8) is 0 Å². The smallest absolute Gasteiger partial charge is 0.228 e. The fourth-order valence-electron chi connectivity index (χ4n) is 4.80. The van der Waals surface area contributed by atoms with Crippen LogP contribution in [0.15, 0.2) is 12.4 Å². The highest BCUT2D eigenvalue weighted by Gasteiger charge is 2.42. The van der Waals surface area contributed by atoms with Crippen LogP contribution in [0.1, 0.15) is 50.5 Å². The first-order valence-corrected chi connectivity index (χ1v) is 9.71. The van der Waals surface area contributed by atoms with E-state index < -0.39 is 0 Å². The molecule has 1 aromatic heterocycles. The van der Waals surface area contributed by atoms with Crippen molar-refractivity contribution < 1.29 is 9.59 Å². The summed E-state index contributed by atoms with van der Waals surface area (Å²) in [6.45, 7) is 4.24. The molecule has 1 aliphatic carbocycles. The van der Waals surface area contributed by atoms with Crippen LogP contribution in [0.2, 0.25) is 0 Å². The van der Waals surface area contributed by atoms with Crippen LogP contribution in [-0.4, -0.2) is 56.6 Å². The molecule has 0 radical (unpaired) electrons. The van der Waals surface area contributed by atoms with E-state index in [1.54, 1.807) is 0 Å². The minimum atomic E-state index is -0.145. The molecule has 6 nitrogen and oxygen atoms in total. The quantitative estimate of drug-likeness (QED) is 0.839. The van der Waals surface area contributed by atoms with E-state index in [0.29, 0.717) is 19.0 Å². The molecule has 0 bridgehead atoms. The molecule has 25 heavy (non-hydrogen) atoms. The molecule has 0 unspecified atom stereocenters. The average Bonchev–Trinajstić information content (AvgIpc) is 3.34. The van der Waals surface area contributed by atoms with E-state index in [1.807, 2.05) is 33.8 Å². The van der Waals surface area contributed by atoms with Gasteiger partial charge in [-0.3, -0.25) is 14.3 Å². The van der Waals surface area contributed by atoms with E-state index >= 15 is 0 Å². The van der Waals surface area contributed by atoms with Gasteiger partial charge in [0.25, 0.3) is 0 Å². The first-order valence-electron chi connectivity index (χ1n) is 9.71. The van der Waals surface area contributed by atoms with Crippen LogP contribution in [0.4, 0.5) is 0 Å². The highest BCUT2D eigenvalue weighted by atomic mass is 16.2. The standard InChI is InChI=1S/C19H28N4O2/c1-14-10-20-21(11-14)13-17-7-4-8-22(17)19(25)15-9-18(24)23(12-15)16-5-2-3-6-16/h10-11,15-17H,2-9,12-13H2,1H3/t15-,17+/m1/s1. The van der Waals surface area contributed by atoms with E-state index in [0.717, 1.165) is 44.3 Å². The van der Waals surface area contributed by atoms with Gasteiger partial charge in [0.1, 0.15) is 0 Å². The maximum Gasteiger partial charge on any atom is 0.228 e. The van der Waals surface area contributed by atoms with E-state index in [-0.39, 0.29) is 23.8 Å². The zero-order valence-electron chi connectivity index (χ0n) is 15.1. The number of nitrogens with zero attached hydrogens (tertiary/aromatic N) is 4. The molecule has 0 aromatic carbocycles. The number of carbonyl (C=O) groups is 2. The van der Waals surface area contributed by atoms with Gasteiger partial charge in [0.15, 0.2) is 0 Å². The van der Waals surface area contributed by atoms with Gasteiger partial charge in [0.05, 0.1) is 24.7 Å². The van der Waals surface area contributed by atoms with Crippen LogP contribution in [0.3, 0.4) is 0 Å². The summed E-state index contributed by atoms with van der Waals surface area (Å²) in [5.41, 5.74) is 1.14. The lowest BCUT2D eigenvalue weighted by Gasteiger charge is -2.28. The van der Waals surface area contributed by atoms with Gasteiger partial charge in [0, 0.05) is 31.7 Å². The molecule has 3 aliphatic rings. The SMILES string of the molecule is Cc1cnn(C[C@@H]2CCCN2C(=O)[C@@H]2CC(=O)N(C3CCCC3)C2)c1. The van der Waals surface area contributed by atoms with E-state index in [4.69, 9.17) is 0 Å². The highest BCUT2D eigenvalue weighted by Crippen LogP contribution is 2.31. The van der Waals surface area contributed by atoms with Crippen molar-refractivity contribution in [2.45, 2.75) is 70.5 Å². The number of aromatic nitrogens is 2. The monoisotopic (exact) mass is 344 g/mol. The average molecular weight is 344 g/mol. The van der Waals surface area contributed by atoms with E-state index in [9.17, 15) is 9.59 Å². The summed E-state index contributed by atoms with van der Waals surface area (Å²) in [6.07, 6.45) is 11.0. The first kappa shape index (κ1) is 16.6. The number of rotatable bonds is 4. The molecule has 2 amide bonds. The molecule has 2 atom stereocenters. The molecular formula is C19H28N4O2. The normalized spacial score (nSPS) is 27.6. The number of amides is 2. The molecule has 0 N–H and O–H groups in total. The maximum atomic E-state index is 13.1. The van der Waals surface area contributed by atoms with Crippen LogP contribution < -0.4 is 0 Å². The number of likely N-dealkylation sites (tertiary alicyclic amines) is 2. The summed E-state index contributed by atoms with van der Waals surface area (Å²) in [7, 11) is 0. The Hall–Kier alpha value is -1.85. The number of aryl methyl sites for hydroxylation is 1. The second kappa shape index (κ2) is 6.81. The van der Waals surface area contributed by atoms with Gasteiger partial charge in [-0.25, -0.2) is 0 Å². The fourth-order valence-corrected chi connectivity index (χ4v) is 4.80. The van der Waals surface area contributed by atoms with Crippen LogP contribution >= 0.6 is 0 Å². The van der Waals surface area contributed by atoms with Gasteiger partial charge in [-0.1, -0.05) is 12.8 Å². The Morgan fingerprint density at radius 1 is 1.24 bits per heavy atom. The van der Waals surface area contributed by atoms with Crippen LogP contribution in [0, 0.1) is 12.8 Å². The highest BCUT2D eigenvalue weighted by molar-refractivity contribution is 5.89. The molecule has 2 saturated heterocycles. The molecule has 1 saturated carbocycles. The summed E-state index contributed by atoms with van der Waals surface area (Å²) < 4.78 is 1.94. The lowest BCUT2D eigenvalue weighted by molar-refractivity contribution is -0.136. The molecule has 3 fully saturated rings. The largest absolute Gasteiger partial charge is 0.339 e. The molecular weight excluding hydrogens is 316 g/mol. The Bertz CT molecular complexity index is 650. The molecule has 6 heteroatoms. The predicted molar refractivity (Wildman–Crippen MR) is 93.8 cm³/mol. The number of hydrogen-bond donors (Lipinski definition) is 0. The number of carbonyl (C=O) groups excluding carboxylic acids is 2. The van der Waals surface area contributed by atoms with Crippen molar-refractivity contribution in [2.75, 3.05) is 13.1 Å². The summed E-state index contributed by atoms with van der Waals surface area (Å²) >= 11 is 0. The van der Waals surface area contributed by atoms with Crippen LogP contribution in [0.5, 0.6) is 0 Å². The Labute approximate surface area is 149 Å². The van der Waals surface area contributed by atoms with E-state index in [2.05, 4.69) is 5.10 Å². The van der Waals surface area contributed by atoms with Gasteiger partial charge in [0.2, 0.25) is 11.8 Å². The molecule has 4 rings (SSSR count). The Kier molecular flexibility index (Phi) is 4.52. The lowest BCUT2D eigenvalue weighted by Crippen LogP contribution is -2.43. The first-order chi connectivity index (χ1) is 12.1.